The lowest BCUT2D eigenvalue weighted by atomic mass is 9.71. The molecular weight excluding hydrogens is 262 g/mol. The number of aliphatic carboxylic acids is 1. The maximum absolute atomic E-state index is 10.3. The van der Waals surface area contributed by atoms with Crippen molar-refractivity contribution in [1.82, 2.24) is 0 Å². The van der Waals surface area contributed by atoms with E-state index in [1.807, 2.05) is 6.08 Å². The molecule has 0 heterocycles. The first-order valence-electron chi connectivity index (χ1n) is 6.94. The zero-order chi connectivity index (χ0) is 14.7. The average Bonchev–Trinajstić information content (AvgIpc) is 2.59. The van der Waals surface area contributed by atoms with Crippen LogP contribution in [-0.2, 0) is 9.63 Å². The third-order valence-electron chi connectivity index (χ3n) is 4.02. The smallest absolute Gasteiger partial charge is 0.306 e. The van der Waals surface area contributed by atoms with Gasteiger partial charge in [0.05, 0.1) is 24.3 Å². The number of oxime groups is 1. The summed E-state index contributed by atoms with van der Waals surface area (Å²) in [4.78, 5) is 15.3. The minimum Gasteiger partial charge on any atom is -0.481 e. The topological polar surface area (TPSA) is 99.4 Å². The van der Waals surface area contributed by atoms with Crippen molar-refractivity contribution in [2.45, 2.75) is 38.4 Å². The van der Waals surface area contributed by atoms with Crippen LogP contribution in [0.5, 0.6) is 0 Å². The molecule has 3 unspecified atom stereocenters. The van der Waals surface area contributed by atoms with E-state index in [1.54, 1.807) is 13.0 Å². The molecule has 0 bridgehead atoms. The van der Waals surface area contributed by atoms with Gasteiger partial charge in [0.25, 0.3) is 0 Å². The van der Waals surface area contributed by atoms with E-state index >= 15 is 0 Å². The third-order valence-corrected chi connectivity index (χ3v) is 4.02. The number of carboxylic acid groups (broad SMARTS) is 1. The molecule has 112 valence electrons. The Morgan fingerprint density at radius 3 is 3.00 bits per heavy atom. The molecule has 0 saturated heterocycles. The predicted molar refractivity (Wildman–Crippen MR) is 72.2 cm³/mol. The second-order valence-electron chi connectivity index (χ2n) is 5.54. The minimum atomic E-state index is -0.906. The van der Waals surface area contributed by atoms with Crippen LogP contribution >= 0.6 is 0 Å². The molecule has 0 aromatic heterocycles. The van der Waals surface area contributed by atoms with Gasteiger partial charge < -0.3 is 20.2 Å². The second-order valence-corrected chi connectivity index (χ2v) is 5.54. The van der Waals surface area contributed by atoms with Crippen molar-refractivity contribution in [1.29, 1.82) is 0 Å². The number of carbonyl (C=O) groups is 1. The molecule has 2 aliphatic carbocycles. The maximum Gasteiger partial charge on any atom is 0.306 e. The highest BCUT2D eigenvalue weighted by atomic mass is 16.6. The van der Waals surface area contributed by atoms with Crippen LogP contribution in [0.15, 0.2) is 17.3 Å². The number of aliphatic hydroxyl groups excluding tert-OH is 2. The summed E-state index contributed by atoms with van der Waals surface area (Å²) in [5, 5.41) is 31.7. The molecule has 0 aromatic carbocycles. The number of hydrogen-bond acceptors (Lipinski definition) is 5. The molecule has 2 aliphatic rings. The standard InChI is InChI=1S/C14H21NO5/c1-8(16)2-3-9-10-6-12(11(10)7-13(9)17)15-20-5-4-14(18)19/h2-3,8-11,13,16-17H,4-7H2,1H3,(H,18,19)/t8?,9?,10-,11-,13?/m0/s1. The van der Waals surface area contributed by atoms with E-state index in [1.165, 1.54) is 0 Å². The fourth-order valence-corrected chi connectivity index (χ4v) is 2.97. The van der Waals surface area contributed by atoms with Crippen molar-refractivity contribution in [3.8, 4) is 0 Å². The Labute approximate surface area is 117 Å². The van der Waals surface area contributed by atoms with Crippen LogP contribution in [0.25, 0.3) is 0 Å². The summed E-state index contributed by atoms with van der Waals surface area (Å²) >= 11 is 0. The van der Waals surface area contributed by atoms with Crippen LogP contribution in [0.1, 0.15) is 26.2 Å². The largest absolute Gasteiger partial charge is 0.481 e. The van der Waals surface area contributed by atoms with Crippen molar-refractivity contribution < 1.29 is 25.0 Å². The Balaban J connectivity index is 1.84. The summed E-state index contributed by atoms with van der Waals surface area (Å²) in [5.74, 6) is -0.274. The van der Waals surface area contributed by atoms with Crippen LogP contribution in [0.2, 0.25) is 0 Å². The number of hydrogen-bond donors (Lipinski definition) is 3. The van der Waals surface area contributed by atoms with Gasteiger partial charge in [-0.05, 0) is 25.7 Å². The van der Waals surface area contributed by atoms with E-state index in [2.05, 4.69) is 5.16 Å². The molecule has 0 radical (unpaired) electrons. The van der Waals surface area contributed by atoms with Gasteiger partial charge in [-0.1, -0.05) is 17.3 Å². The zero-order valence-corrected chi connectivity index (χ0v) is 11.5. The Morgan fingerprint density at radius 2 is 2.35 bits per heavy atom. The Morgan fingerprint density at radius 1 is 1.60 bits per heavy atom. The molecule has 2 rings (SSSR count). The van der Waals surface area contributed by atoms with Crippen LogP contribution < -0.4 is 0 Å². The Bertz CT molecular complexity index is 418. The van der Waals surface area contributed by atoms with Gasteiger partial charge in [0.2, 0.25) is 0 Å². The highest BCUT2D eigenvalue weighted by Crippen LogP contribution is 2.49. The fourth-order valence-electron chi connectivity index (χ4n) is 2.97. The second kappa shape index (κ2) is 6.37. The van der Waals surface area contributed by atoms with Crippen molar-refractivity contribution in [2.24, 2.45) is 22.9 Å². The third kappa shape index (κ3) is 3.37. The number of aliphatic hydroxyl groups is 2. The lowest BCUT2D eigenvalue weighted by Crippen LogP contribution is -2.36. The molecule has 3 N–H and O–H groups in total. The summed E-state index contributed by atoms with van der Waals surface area (Å²) in [6, 6.07) is 0. The Kier molecular flexibility index (Phi) is 4.77. The fraction of sp³-hybridized carbons (Fsp3) is 0.714. The number of carboxylic acids is 1. The summed E-state index contributed by atoms with van der Waals surface area (Å²) in [6.45, 7) is 1.75. The van der Waals surface area contributed by atoms with Crippen LogP contribution in [0.4, 0.5) is 0 Å². The van der Waals surface area contributed by atoms with Gasteiger partial charge in [-0.15, -0.1) is 0 Å². The zero-order valence-electron chi connectivity index (χ0n) is 11.5. The maximum atomic E-state index is 10.3. The van der Waals surface area contributed by atoms with Gasteiger partial charge in [0, 0.05) is 11.8 Å². The number of rotatable bonds is 6. The van der Waals surface area contributed by atoms with Crippen molar-refractivity contribution in [3.63, 3.8) is 0 Å². The van der Waals surface area contributed by atoms with Crippen LogP contribution in [-0.4, -0.2) is 45.8 Å². The summed E-state index contributed by atoms with van der Waals surface area (Å²) < 4.78 is 0. The summed E-state index contributed by atoms with van der Waals surface area (Å²) in [6.07, 6.45) is 4.04. The van der Waals surface area contributed by atoms with Gasteiger partial charge in [0.15, 0.2) is 0 Å². The lowest BCUT2D eigenvalue weighted by molar-refractivity contribution is -0.138. The average molecular weight is 283 g/mol. The minimum absolute atomic E-state index is 0.0623. The van der Waals surface area contributed by atoms with Gasteiger partial charge in [-0.3, -0.25) is 4.79 Å². The first-order chi connectivity index (χ1) is 9.49. The number of nitrogens with zero attached hydrogens (tertiary/aromatic N) is 1. The molecule has 2 saturated carbocycles. The molecule has 0 aromatic rings. The van der Waals surface area contributed by atoms with E-state index in [-0.39, 0.29) is 24.9 Å². The van der Waals surface area contributed by atoms with Gasteiger partial charge in [0.1, 0.15) is 6.61 Å². The van der Waals surface area contributed by atoms with Crippen molar-refractivity contribution >= 4 is 11.7 Å². The van der Waals surface area contributed by atoms with Crippen LogP contribution in [0, 0.1) is 17.8 Å². The van der Waals surface area contributed by atoms with Crippen molar-refractivity contribution in [3.05, 3.63) is 12.2 Å². The van der Waals surface area contributed by atoms with E-state index in [9.17, 15) is 15.0 Å². The van der Waals surface area contributed by atoms with Gasteiger partial charge >= 0.3 is 5.97 Å². The normalized spacial score (nSPS) is 35.9. The monoisotopic (exact) mass is 283 g/mol. The van der Waals surface area contributed by atoms with E-state index in [0.29, 0.717) is 12.3 Å². The molecule has 0 spiro atoms. The molecule has 2 fully saturated rings. The molecule has 20 heavy (non-hydrogen) atoms. The molecule has 6 heteroatoms. The highest BCUT2D eigenvalue weighted by Gasteiger charge is 2.51. The SMILES string of the molecule is CC(O)C=CC1C(O)C[C@@H]2C(=NOCCC(=O)O)C[C@@H]12. The first kappa shape index (κ1) is 15.0. The molecule has 6 nitrogen and oxygen atoms in total. The molecule has 0 amide bonds. The predicted octanol–water partition coefficient (Wildman–Crippen LogP) is 0.788. The van der Waals surface area contributed by atoms with Gasteiger partial charge in [-0.2, -0.15) is 0 Å². The molecular formula is C14H21NO5. The van der Waals surface area contributed by atoms with Gasteiger partial charge in [-0.25, -0.2) is 0 Å². The van der Waals surface area contributed by atoms with E-state index in [0.717, 1.165) is 12.1 Å². The molecule has 0 aliphatic heterocycles. The summed E-state index contributed by atoms with van der Waals surface area (Å²) in [5.41, 5.74) is 0.910. The first-order valence-corrected chi connectivity index (χ1v) is 6.94. The summed E-state index contributed by atoms with van der Waals surface area (Å²) in [7, 11) is 0. The van der Waals surface area contributed by atoms with Crippen LogP contribution in [0.3, 0.4) is 0 Å². The Hall–Kier alpha value is -1.40. The quantitative estimate of drug-likeness (QED) is 0.380. The number of fused-ring (bicyclic) bond motifs is 1. The lowest BCUT2D eigenvalue weighted by Gasteiger charge is -2.34. The molecule has 5 atom stereocenters. The van der Waals surface area contributed by atoms with E-state index < -0.39 is 18.2 Å². The van der Waals surface area contributed by atoms with E-state index in [4.69, 9.17) is 9.94 Å². The van der Waals surface area contributed by atoms with Crippen molar-refractivity contribution in [2.75, 3.05) is 6.61 Å². The highest BCUT2D eigenvalue weighted by molar-refractivity contribution is 5.93.